The van der Waals surface area contributed by atoms with Crippen LogP contribution in [0, 0.1) is 11.8 Å². The summed E-state index contributed by atoms with van der Waals surface area (Å²) in [6.07, 6.45) is 3.13. The van der Waals surface area contributed by atoms with Crippen molar-refractivity contribution in [3.63, 3.8) is 0 Å². The molecule has 2 saturated heterocycles. The van der Waals surface area contributed by atoms with E-state index in [0.717, 1.165) is 50.8 Å². The second-order valence-electron chi connectivity index (χ2n) is 7.56. The molecule has 154 valence electrons. The first-order valence-electron chi connectivity index (χ1n) is 9.57. The van der Waals surface area contributed by atoms with Gasteiger partial charge in [0, 0.05) is 44.2 Å². The van der Waals surface area contributed by atoms with Crippen molar-refractivity contribution in [3.05, 3.63) is 34.9 Å². The molecule has 2 aliphatic heterocycles. The highest BCUT2D eigenvalue weighted by Crippen LogP contribution is 2.25. The van der Waals surface area contributed by atoms with E-state index in [1.807, 2.05) is 18.2 Å². The predicted molar refractivity (Wildman–Crippen MR) is 117 cm³/mol. The number of carbonyl (C=O) groups excluding carboxylic acids is 1. The molecule has 2 aliphatic rings. The van der Waals surface area contributed by atoms with Gasteiger partial charge in [-0.25, -0.2) is 0 Å². The molecule has 0 saturated carbocycles. The van der Waals surface area contributed by atoms with Gasteiger partial charge in [0.1, 0.15) is 0 Å². The number of amides is 1. The monoisotopic (exact) mass is 435 g/mol. The lowest BCUT2D eigenvalue weighted by atomic mass is 9.84. The normalized spacial score (nSPS) is 19.7. The van der Waals surface area contributed by atoms with Gasteiger partial charge >= 0.3 is 0 Å². The predicted octanol–water partition coefficient (Wildman–Crippen LogP) is 3.85. The van der Waals surface area contributed by atoms with Crippen molar-refractivity contribution >= 4 is 42.3 Å². The Balaban J connectivity index is 0.00000182. The maximum Gasteiger partial charge on any atom is 0.222 e. The van der Waals surface area contributed by atoms with Crippen LogP contribution in [0.2, 0.25) is 5.02 Å². The summed E-state index contributed by atoms with van der Waals surface area (Å²) in [5.74, 6) is 1.54. The van der Waals surface area contributed by atoms with Crippen LogP contribution in [0.3, 0.4) is 0 Å². The van der Waals surface area contributed by atoms with Crippen molar-refractivity contribution in [2.45, 2.75) is 32.7 Å². The zero-order valence-corrected chi connectivity index (χ0v) is 18.4. The average molecular weight is 437 g/mol. The third-order valence-electron chi connectivity index (χ3n) is 5.71. The molecule has 2 fully saturated rings. The lowest BCUT2D eigenvalue weighted by Crippen LogP contribution is -2.48. The van der Waals surface area contributed by atoms with Gasteiger partial charge in [-0.3, -0.25) is 9.69 Å². The zero-order valence-electron chi connectivity index (χ0n) is 16.0. The van der Waals surface area contributed by atoms with Crippen LogP contribution in [0.15, 0.2) is 24.3 Å². The molecular weight excluding hydrogens is 405 g/mol. The summed E-state index contributed by atoms with van der Waals surface area (Å²) < 4.78 is 0. The van der Waals surface area contributed by atoms with Gasteiger partial charge in [-0.2, -0.15) is 0 Å². The number of piperidine rings is 1. The van der Waals surface area contributed by atoms with E-state index >= 15 is 0 Å². The SMILES string of the molecule is CC(CC(=O)N1CCN(Cc2cccc(Cl)c2)CC1)C1CCNCC1.Cl.Cl. The van der Waals surface area contributed by atoms with Crippen LogP contribution in [0.25, 0.3) is 0 Å². The van der Waals surface area contributed by atoms with Crippen LogP contribution in [-0.2, 0) is 11.3 Å². The van der Waals surface area contributed by atoms with Crippen molar-refractivity contribution in [2.75, 3.05) is 39.3 Å². The summed E-state index contributed by atoms with van der Waals surface area (Å²) in [4.78, 5) is 17.1. The fourth-order valence-corrected chi connectivity index (χ4v) is 4.25. The lowest BCUT2D eigenvalue weighted by Gasteiger charge is -2.36. The van der Waals surface area contributed by atoms with Gasteiger partial charge in [0.2, 0.25) is 5.91 Å². The number of rotatable bonds is 5. The van der Waals surface area contributed by atoms with E-state index in [-0.39, 0.29) is 24.8 Å². The highest BCUT2D eigenvalue weighted by Gasteiger charge is 2.26. The Labute approximate surface area is 180 Å². The molecule has 4 nitrogen and oxygen atoms in total. The molecule has 1 unspecified atom stereocenters. The molecule has 1 N–H and O–H groups in total. The van der Waals surface area contributed by atoms with E-state index in [2.05, 4.69) is 28.1 Å². The van der Waals surface area contributed by atoms with Crippen LogP contribution in [0.4, 0.5) is 0 Å². The van der Waals surface area contributed by atoms with Crippen LogP contribution in [0.5, 0.6) is 0 Å². The number of nitrogens with zero attached hydrogens (tertiary/aromatic N) is 2. The molecule has 3 rings (SSSR count). The molecule has 0 spiro atoms. The van der Waals surface area contributed by atoms with Crippen LogP contribution in [0.1, 0.15) is 31.7 Å². The second-order valence-corrected chi connectivity index (χ2v) is 7.99. The highest BCUT2D eigenvalue weighted by molar-refractivity contribution is 6.30. The Morgan fingerprint density at radius 3 is 2.48 bits per heavy atom. The van der Waals surface area contributed by atoms with E-state index in [1.54, 1.807) is 0 Å². The first-order chi connectivity index (χ1) is 12.1. The quantitative estimate of drug-likeness (QED) is 0.761. The van der Waals surface area contributed by atoms with Crippen molar-refractivity contribution in [3.8, 4) is 0 Å². The minimum atomic E-state index is 0. The average Bonchev–Trinajstić information content (AvgIpc) is 2.63. The van der Waals surface area contributed by atoms with E-state index < -0.39 is 0 Å². The topological polar surface area (TPSA) is 35.6 Å². The summed E-state index contributed by atoms with van der Waals surface area (Å²) >= 11 is 6.06. The number of hydrogen-bond acceptors (Lipinski definition) is 3. The standard InChI is InChI=1S/C20H30ClN3O.2ClH/c1-16(18-5-7-22-8-6-18)13-20(25)24-11-9-23(10-12-24)15-17-3-2-4-19(21)14-17;;/h2-4,14,16,18,22H,5-13,15H2,1H3;2*1H. The van der Waals surface area contributed by atoms with Crippen molar-refractivity contribution in [2.24, 2.45) is 11.8 Å². The number of benzene rings is 1. The van der Waals surface area contributed by atoms with Gasteiger partial charge in [0.05, 0.1) is 0 Å². The number of halogens is 3. The van der Waals surface area contributed by atoms with Crippen LogP contribution < -0.4 is 5.32 Å². The molecule has 1 atom stereocenters. The fourth-order valence-electron chi connectivity index (χ4n) is 4.03. The van der Waals surface area contributed by atoms with E-state index in [1.165, 1.54) is 18.4 Å². The Kier molecular flexibility index (Phi) is 11.0. The smallest absolute Gasteiger partial charge is 0.222 e. The molecule has 0 aliphatic carbocycles. The molecule has 27 heavy (non-hydrogen) atoms. The molecule has 1 amide bonds. The molecule has 0 aromatic heterocycles. The van der Waals surface area contributed by atoms with E-state index in [4.69, 9.17) is 11.6 Å². The van der Waals surface area contributed by atoms with Crippen molar-refractivity contribution in [1.29, 1.82) is 0 Å². The number of piperazine rings is 1. The summed E-state index contributed by atoms with van der Waals surface area (Å²) in [5.41, 5.74) is 1.24. The third kappa shape index (κ3) is 7.43. The number of carbonyl (C=O) groups is 1. The highest BCUT2D eigenvalue weighted by atomic mass is 35.5. The van der Waals surface area contributed by atoms with Crippen molar-refractivity contribution < 1.29 is 4.79 Å². The fraction of sp³-hybridized carbons (Fsp3) is 0.650. The van der Waals surface area contributed by atoms with Crippen LogP contribution >= 0.6 is 36.4 Å². The Morgan fingerprint density at radius 2 is 1.85 bits per heavy atom. The number of nitrogens with one attached hydrogen (secondary N) is 1. The molecule has 0 bridgehead atoms. The largest absolute Gasteiger partial charge is 0.340 e. The molecule has 1 aromatic carbocycles. The summed E-state index contributed by atoms with van der Waals surface area (Å²) in [5, 5.41) is 4.20. The minimum absolute atomic E-state index is 0. The first kappa shape index (κ1) is 24.5. The Bertz CT molecular complexity index is 573. The van der Waals surface area contributed by atoms with Crippen LogP contribution in [-0.4, -0.2) is 55.0 Å². The van der Waals surface area contributed by atoms with Crippen molar-refractivity contribution in [1.82, 2.24) is 15.1 Å². The Hall–Kier alpha value is -0.520. The maximum atomic E-state index is 12.6. The van der Waals surface area contributed by atoms with E-state index in [9.17, 15) is 4.79 Å². The summed E-state index contributed by atoms with van der Waals surface area (Å²) in [6, 6.07) is 8.05. The summed E-state index contributed by atoms with van der Waals surface area (Å²) in [7, 11) is 0. The maximum absolute atomic E-state index is 12.6. The molecule has 2 heterocycles. The van der Waals surface area contributed by atoms with Gasteiger partial charge in [0.15, 0.2) is 0 Å². The Morgan fingerprint density at radius 1 is 1.19 bits per heavy atom. The molecular formula is C20H32Cl3N3O. The molecule has 7 heteroatoms. The lowest BCUT2D eigenvalue weighted by molar-refractivity contribution is -0.134. The van der Waals surface area contributed by atoms with Gasteiger partial charge < -0.3 is 10.2 Å². The summed E-state index contributed by atoms with van der Waals surface area (Å²) in [6.45, 7) is 8.95. The third-order valence-corrected chi connectivity index (χ3v) is 5.94. The molecule has 1 aromatic rings. The van der Waals surface area contributed by atoms with Gasteiger partial charge in [0.25, 0.3) is 0 Å². The van der Waals surface area contributed by atoms with Gasteiger partial charge in [-0.1, -0.05) is 30.7 Å². The van der Waals surface area contributed by atoms with Gasteiger partial charge in [-0.15, -0.1) is 24.8 Å². The molecule has 0 radical (unpaired) electrons. The zero-order chi connectivity index (χ0) is 17.6. The second kappa shape index (κ2) is 12.1. The first-order valence-corrected chi connectivity index (χ1v) is 9.95. The number of hydrogen-bond donors (Lipinski definition) is 1. The van der Waals surface area contributed by atoms with E-state index in [0.29, 0.717) is 24.2 Å². The minimum Gasteiger partial charge on any atom is -0.340 e. The van der Waals surface area contributed by atoms with Gasteiger partial charge in [-0.05, 0) is 55.5 Å².